The van der Waals surface area contributed by atoms with E-state index in [1.165, 1.54) is 0 Å². The van der Waals surface area contributed by atoms with Crippen LogP contribution in [0.4, 0.5) is 4.79 Å². The number of ether oxygens (including phenoxy) is 2. The van der Waals surface area contributed by atoms with Gasteiger partial charge in [-0.15, -0.1) is 0 Å². The van der Waals surface area contributed by atoms with Gasteiger partial charge < -0.3 is 25.4 Å². The van der Waals surface area contributed by atoms with E-state index in [4.69, 9.17) is 15.2 Å². The second kappa shape index (κ2) is 8.10. The molecule has 138 valence electrons. The second-order valence-corrected chi connectivity index (χ2v) is 6.41. The highest BCUT2D eigenvalue weighted by Crippen LogP contribution is 2.31. The maximum atomic E-state index is 12.2. The fourth-order valence-electron chi connectivity index (χ4n) is 3.29. The zero-order valence-electron chi connectivity index (χ0n) is 15.1. The molecule has 6 nitrogen and oxygen atoms in total. The van der Waals surface area contributed by atoms with Gasteiger partial charge in [0.2, 0.25) is 0 Å². The maximum absolute atomic E-state index is 12.2. The number of urea groups is 1. The predicted octanol–water partition coefficient (Wildman–Crippen LogP) is 2.69. The van der Waals surface area contributed by atoms with Gasteiger partial charge >= 0.3 is 6.03 Å². The zero-order valence-corrected chi connectivity index (χ0v) is 15.1. The van der Waals surface area contributed by atoms with Crippen molar-refractivity contribution < 1.29 is 14.3 Å². The molecular weight excluding hydrogens is 330 g/mol. The Morgan fingerprint density at radius 3 is 2.58 bits per heavy atom. The summed E-state index contributed by atoms with van der Waals surface area (Å²) in [4.78, 5) is 14.1. The highest BCUT2D eigenvalue weighted by molar-refractivity contribution is 5.76. The van der Waals surface area contributed by atoms with Crippen LogP contribution in [-0.4, -0.2) is 37.7 Å². The Hall–Kier alpha value is -2.73. The maximum Gasteiger partial charge on any atom is 0.318 e. The van der Waals surface area contributed by atoms with Gasteiger partial charge in [-0.3, -0.25) is 0 Å². The second-order valence-electron chi connectivity index (χ2n) is 6.41. The quantitative estimate of drug-likeness (QED) is 0.801. The lowest BCUT2D eigenvalue weighted by Gasteiger charge is -2.26. The Bertz CT molecular complexity index is 751. The highest BCUT2D eigenvalue weighted by Gasteiger charge is 2.32. The molecule has 26 heavy (non-hydrogen) atoms. The fourth-order valence-corrected chi connectivity index (χ4v) is 3.29. The molecular formula is C20H25N3O3. The zero-order chi connectivity index (χ0) is 18.5. The van der Waals surface area contributed by atoms with E-state index >= 15 is 0 Å². The standard InChI is InChI=1S/C20H25N3O3/c1-25-18-9-8-15(10-19(18)26-2)17(21)11-16-12-22-20(24)23(16)13-14-6-4-3-5-7-14/h3-10,16-17H,11-13,21H2,1-2H3,(H,22,24). The van der Waals surface area contributed by atoms with Gasteiger partial charge in [0.1, 0.15) is 0 Å². The molecule has 2 unspecified atom stereocenters. The molecule has 1 saturated heterocycles. The molecule has 1 aliphatic heterocycles. The van der Waals surface area contributed by atoms with Crippen LogP contribution in [0.3, 0.4) is 0 Å². The summed E-state index contributed by atoms with van der Waals surface area (Å²) in [6.07, 6.45) is 0.668. The average Bonchev–Trinajstić information content (AvgIpc) is 3.01. The molecule has 3 N–H and O–H groups in total. The molecule has 0 radical (unpaired) electrons. The number of hydrogen-bond acceptors (Lipinski definition) is 4. The number of carbonyl (C=O) groups is 1. The van der Waals surface area contributed by atoms with Crippen molar-refractivity contribution in [2.45, 2.75) is 25.0 Å². The molecule has 1 fully saturated rings. The van der Waals surface area contributed by atoms with Crippen LogP contribution >= 0.6 is 0 Å². The van der Waals surface area contributed by atoms with Crippen molar-refractivity contribution >= 4 is 6.03 Å². The molecule has 0 bridgehead atoms. The van der Waals surface area contributed by atoms with Crippen molar-refractivity contribution in [1.82, 2.24) is 10.2 Å². The van der Waals surface area contributed by atoms with Crippen LogP contribution < -0.4 is 20.5 Å². The minimum atomic E-state index is -0.203. The van der Waals surface area contributed by atoms with Crippen LogP contribution in [0.1, 0.15) is 23.6 Å². The lowest BCUT2D eigenvalue weighted by Crippen LogP contribution is -2.35. The van der Waals surface area contributed by atoms with E-state index in [2.05, 4.69) is 5.32 Å². The van der Waals surface area contributed by atoms with Gasteiger partial charge in [-0.25, -0.2) is 4.79 Å². The molecule has 6 heteroatoms. The molecule has 0 aliphatic carbocycles. The average molecular weight is 355 g/mol. The van der Waals surface area contributed by atoms with Crippen molar-refractivity contribution in [1.29, 1.82) is 0 Å². The molecule has 2 aromatic rings. The van der Waals surface area contributed by atoms with E-state index < -0.39 is 0 Å². The third kappa shape index (κ3) is 3.91. The van der Waals surface area contributed by atoms with Gasteiger partial charge in [-0.2, -0.15) is 0 Å². The van der Waals surface area contributed by atoms with E-state index in [1.54, 1.807) is 14.2 Å². The first-order valence-corrected chi connectivity index (χ1v) is 8.68. The van der Waals surface area contributed by atoms with E-state index in [0.29, 0.717) is 31.0 Å². The van der Waals surface area contributed by atoms with Crippen LogP contribution in [0.25, 0.3) is 0 Å². The summed E-state index contributed by atoms with van der Waals surface area (Å²) in [5.41, 5.74) is 8.49. The third-order valence-corrected chi connectivity index (χ3v) is 4.75. The Morgan fingerprint density at radius 2 is 1.88 bits per heavy atom. The molecule has 2 atom stereocenters. The van der Waals surface area contributed by atoms with Gasteiger partial charge in [0.05, 0.1) is 20.3 Å². The number of benzene rings is 2. The molecule has 2 aromatic carbocycles. The van der Waals surface area contributed by atoms with Crippen LogP contribution in [0.15, 0.2) is 48.5 Å². The first-order chi connectivity index (χ1) is 12.6. The molecule has 1 aliphatic rings. The van der Waals surface area contributed by atoms with Crippen LogP contribution in [0.5, 0.6) is 11.5 Å². The number of nitrogens with two attached hydrogens (primary N) is 1. The van der Waals surface area contributed by atoms with Crippen molar-refractivity contribution in [2.75, 3.05) is 20.8 Å². The number of nitrogens with zero attached hydrogens (tertiary/aromatic N) is 1. The summed E-state index contributed by atoms with van der Waals surface area (Å²) in [5.74, 6) is 1.33. The topological polar surface area (TPSA) is 76.8 Å². The highest BCUT2D eigenvalue weighted by atomic mass is 16.5. The Morgan fingerprint density at radius 1 is 1.15 bits per heavy atom. The Kier molecular flexibility index (Phi) is 5.63. The number of methoxy groups -OCH3 is 2. The van der Waals surface area contributed by atoms with Crippen molar-refractivity contribution in [2.24, 2.45) is 5.73 Å². The van der Waals surface area contributed by atoms with Gasteiger partial charge in [0.25, 0.3) is 0 Å². The number of amides is 2. The van der Waals surface area contributed by atoms with E-state index in [1.807, 2.05) is 53.4 Å². The Labute approximate surface area is 153 Å². The lowest BCUT2D eigenvalue weighted by atomic mass is 9.99. The first-order valence-electron chi connectivity index (χ1n) is 8.68. The molecule has 0 spiro atoms. The monoisotopic (exact) mass is 355 g/mol. The minimum Gasteiger partial charge on any atom is -0.493 e. The first kappa shape index (κ1) is 18.1. The SMILES string of the molecule is COc1ccc(C(N)CC2CNC(=O)N2Cc2ccccc2)cc1OC. The van der Waals surface area contributed by atoms with Gasteiger partial charge in [0, 0.05) is 19.1 Å². The van der Waals surface area contributed by atoms with Crippen LogP contribution in [0, 0.1) is 0 Å². The number of carbonyl (C=O) groups excluding carboxylic acids is 1. The smallest absolute Gasteiger partial charge is 0.318 e. The third-order valence-electron chi connectivity index (χ3n) is 4.75. The largest absolute Gasteiger partial charge is 0.493 e. The summed E-state index contributed by atoms with van der Waals surface area (Å²) >= 11 is 0. The van der Waals surface area contributed by atoms with Gasteiger partial charge in [0.15, 0.2) is 11.5 Å². The summed E-state index contributed by atoms with van der Waals surface area (Å²) in [5, 5.41) is 2.92. The summed E-state index contributed by atoms with van der Waals surface area (Å²) in [6, 6.07) is 15.5. The molecule has 0 saturated carbocycles. The van der Waals surface area contributed by atoms with Crippen LogP contribution in [-0.2, 0) is 6.54 Å². The fraction of sp³-hybridized carbons (Fsp3) is 0.350. The van der Waals surface area contributed by atoms with Crippen molar-refractivity contribution in [3.05, 3.63) is 59.7 Å². The summed E-state index contributed by atoms with van der Waals surface area (Å²) in [6.45, 7) is 1.18. The number of nitrogens with one attached hydrogen (secondary N) is 1. The summed E-state index contributed by atoms with van der Waals surface area (Å²) in [7, 11) is 3.21. The normalized spacial score (nSPS) is 17.7. The molecule has 1 heterocycles. The molecule has 0 aromatic heterocycles. The lowest BCUT2D eigenvalue weighted by molar-refractivity contribution is 0.195. The van der Waals surface area contributed by atoms with Gasteiger partial charge in [-0.05, 0) is 29.7 Å². The minimum absolute atomic E-state index is 0.0432. The molecule has 3 rings (SSSR count). The van der Waals surface area contributed by atoms with Crippen LogP contribution in [0.2, 0.25) is 0 Å². The van der Waals surface area contributed by atoms with E-state index in [9.17, 15) is 4.79 Å². The predicted molar refractivity (Wildman–Crippen MR) is 100 cm³/mol. The van der Waals surface area contributed by atoms with Crippen molar-refractivity contribution in [3.8, 4) is 11.5 Å². The van der Waals surface area contributed by atoms with Gasteiger partial charge in [-0.1, -0.05) is 36.4 Å². The van der Waals surface area contributed by atoms with E-state index in [0.717, 1.165) is 11.1 Å². The van der Waals surface area contributed by atoms with Crippen molar-refractivity contribution in [3.63, 3.8) is 0 Å². The van der Waals surface area contributed by atoms with E-state index in [-0.39, 0.29) is 18.1 Å². The Balaban J connectivity index is 1.71. The molecule has 2 amide bonds. The summed E-state index contributed by atoms with van der Waals surface area (Å²) < 4.78 is 10.6. The number of hydrogen-bond donors (Lipinski definition) is 2. The number of rotatable bonds is 7.